The minimum Gasteiger partial charge on any atom is -0.444 e. The molecule has 7 heteroatoms. The lowest BCUT2D eigenvalue weighted by molar-refractivity contribution is -0.121. The van der Waals surface area contributed by atoms with Crippen LogP contribution in [0.25, 0.3) is 5.53 Å². The third kappa shape index (κ3) is 3.62. The molecule has 0 aromatic heterocycles. The number of ether oxygens (including phenoxy) is 2. The zero-order chi connectivity index (χ0) is 14.8. The first-order chi connectivity index (χ1) is 8.58. The molecule has 0 aromatic rings. The first-order valence-corrected chi connectivity index (χ1v) is 5.96. The van der Waals surface area contributed by atoms with Crippen molar-refractivity contribution < 1.29 is 23.9 Å². The molecule has 1 fully saturated rings. The minimum absolute atomic E-state index is 0.0388. The molecular formula is C12H19N3O4. The van der Waals surface area contributed by atoms with Crippen molar-refractivity contribution in [2.24, 2.45) is 0 Å². The van der Waals surface area contributed by atoms with E-state index < -0.39 is 29.2 Å². The summed E-state index contributed by atoms with van der Waals surface area (Å²) in [5, 5.41) is 0. The van der Waals surface area contributed by atoms with Gasteiger partial charge in [-0.25, -0.2) is 4.79 Å². The molecule has 1 heterocycles. The lowest BCUT2D eigenvalue weighted by Gasteiger charge is -2.33. The maximum absolute atomic E-state index is 12.2. The second kappa shape index (κ2) is 5.11. The molecule has 0 saturated carbocycles. The number of ketones is 1. The molecule has 1 saturated heterocycles. The Morgan fingerprint density at radius 2 is 2.05 bits per heavy atom. The van der Waals surface area contributed by atoms with Crippen LogP contribution in [0.15, 0.2) is 0 Å². The molecule has 1 amide bonds. The summed E-state index contributed by atoms with van der Waals surface area (Å²) in [6, 6.07) is -0.847. The van der Waals surface area contributed by atoms with Crippen LogP contribution in [-0.2, 0) is 14.3 Å². The fourth-order valence-corrected chi connectivity index (χ4v) is 1.81. The van der Waals surface area contributed by atoms with E-state index in [-0.39, 0.29) is 6.61 Å². The van der Waals surface area contributed by atoms with Crippen molar-refractivity contribution >= 4 is 18.1 Å². The zero-order valence-corrected chi connectivity index (χ0v) is 11.8. The van der Waals surface area contributed by atoms with Crippen LogP contribution >= 0.6 is 0 Å². The average Bonchev–Trinajstić information content (AvgIpc) is 2.51. The van der Waals surface area contributed by atoms with Crippen molar-refractivity contribution in [3.63, 3.8) is 0 Å². The largest absolute Gasteiger partial charge is 0.444 e. The van der Waals surface area contributed by atoms with Gasteiger partial charge in [0.1, 0.15) is 17.4 Å². The van der Waals surface area contributed by atoms with Crippen molar-refractivity contribution in [3.05, 3.63) is 5.53 Å². The summed E-state index contributed by atoms with van der Waals surface area (Å²) in [6.07, 6.45) is 0.118. The molecule has 0 N–H and O–H groups in total. The molecule has 1 atom stereocenters. The van der Waals surface area contributed by atoms with Gasteiger partial charge in [-0.2, -0.15) is 4.79 Å². The number of carbonyl (C=O) groups excluding carboxylic acids is 2. The van der Waals surface area contributed by atoms with Gasteiger partial charge in [0.05, 0.1) is 6.61 Å². The fraction of sp³-hybridized carbons (Fsp3) is 0.750. The Morgan fingerprint density at radius 3 is 2.53 bits per heavy atom. The van der Waals surface area contributed by atoms with E-state index in [1.54, 1.807) is 34.6 Å². The standard InChI is InChI=1S/C12H19N3O4/c1-11(2,3)19-10(17)15-8(9(16)6-14-13)7-18-12(15,4)5/h6,8H,7H2,1-5H3/t8-/m0/s1. The first-order valence-electron chi connectivity index (χ1n) is 5.96. The lowest BCUT2D eigenvalue weighted by atomic mass is 10.1. The number of hydrogen-bond acceptors (Lipinski definition) is 4. The Morgan fingerprint density at radius 1 is 1.47 bits per heavy atom. The van der Waals surface area contributed by atoms with Crippen LogP contribution in [0.5, 0.6) is 0 Å². The molecule has 0 unspecified atom stereocenters. The van der Waals surface area contributed by atoms with E-state index in [1.807, 2.05) is 0 Å². The Kier molecular flexibility index (Phi) is 4.12. The summed E-state index contributed by atoms with van der Waals surface area (Å²) < 4.78 is 10.7. The van der Waals surface area contributed by atoms with Crippen LogP contribution in [-0.4, -0.2) is 51.8 Å². The molecule has 1 aliphatic heterocycles. The van der Waals surface area contributed by atoms with Gasteiger partial charge in [0.25, 0.3) is 5.78 Å². The van der Waals surface area contributed by atoms with Crippen molar-refractivity contribution in [1.82, 2.24) is 4.90 Å². The second-order valence-corrected chi connectivity index (χ2v) is 5.77. The van der Waals surface area contributed by atoms with E-state index in [2.05, 4.69) is 4.79 Å². The molecule has 1 aliphatic rings. The van der Waals surface area contributed by atoms with Crippen LogP contribution in [0.4, 0.5) is 4.79 Å². The van der Waals surface area contributed by atoms with Gasteiger partial charge in [-0.3, -0.25) is 9.69 Å². The summed E-state index contributed by atoms with van der Waals surface area (Å²) >= 11 is 0. The number of carbonyl (C=O) groups is 2. The Hall–Kier alpha value is -1.72. The highest BCUT2D eigenvalue weighted by Crippen LogP contribution is 2.29. The van der Waals surface area contributed by atoms with Gasteiger partial charge in [0.2, 0.25) is 0 Å². The van der Waals surface area contributed by atoms with E-state index in [4.69, 9.17) is 15.0 Å². The Bertz CT molecular complexity index is 433. The number of amides is 1. The highest BCUT2D eigenvalue weighted by Gasteiger charge is 2.49. The van der Waals surface area contributed by atoms with Crippen LogP contribution in [0.1, 0.15) is 34.6 Å². The maximum atomic E-state index is 12.2. The highest BCUT2D eigenvalue weighted by molar-refractivity contribution is 6.28. The van der Waals surface area contributed by atoms with Crippen LogP contribution < -0.4 is 0 Å². The molecule has 0 spiro atoms. The van der Waals surface area contributed by atoms with E-state index in [0.29, 0.717) is 0 Å². The highest BCUT2D eigenvalue weighted by atomic mass is 16.6. The van der Waals surface area contributed by atoms with Crippen LogP contribution in [0, 0.1) is 0 Å². The molecule has 1 rings (SSSR count). The van der Waals surface area contributed by atoms with Crippen molar-refractivity contribution in [2.75, 3.05) is 6.61 Å². The Balaban J connectivity index is 2.99. The number of hydrogen-bond donors (Lipinski definition) is 0. The van der Waals surface area contributed by atoms with Crippen LogP contribution in [0.2, 0.25) is 0 Å². The summed E-state index contributed by atoms with van der Waals surface area (Å²) in [5.41, 5.74) is 6.79. The molecule has 106 valence electrons. The van der Waals surface area contributed by atoms with Crippen molar-refractivity contribution in [2.45, 2.75) is 52.0 Å². The molecule has 7 nitrogen and oxygen atoms in total. The molecule has 0 aromatic carbocycles. The van der Waals surface area contributed by atoms with E-state index >= 15 is 0 Å². The predicted octanol–water partition coefficient (Wildman–Crippen LogP) is 1.23. The molecule has 0 radical (unpaired) electrons. The van der Waals surface area contributed by atoms with Gasteiger partial charge in [-0.1, -0.05) is 0 Å². The van der Waals surface area contributed by atoms with Crippen molar-refractivity contribution in [3.8, 4) is 0 Å². The SMILES string of the molecule is CC(C)(C)OC(=O)N1[C@H](C(=O)C=[N+]=[N-])COC1(C)C. The topological polar surface area (TPSA) is 92.2 Å². The molecule has 0 aliphatic carbocycles. The zero-order valence-electron chi connectivity index (χ0n) is 11.8. The summed E-state index contributed by atoms with van der Waals surface area (Å²) in [5.74, 6) is -0.515. The monoisotopic (exact) mass is 269 g/mol. The average molecular weight is 269 g/mol. The van der Waals surface area contributed by atoms with Gasteiger partial charge in [-0.15, -0.1) is 0 Å². The van der Waals surface area contributed by atoms with Crippen LogP contribution in [0.3, 0.4) is 0 Å². The first kappa shape index (κ1) is 15.3. The smallest absolute Gasteiger partial charge is 0.413 e. The van der Waals surface area contributed by atoms with Gasteiger partial charge in [0.15, 0.2) is 0 Å². The molecule has 0 bridgehead atoms. The van der Waals surface area contributed by atoms with Gasteiger partial charge in [0, 0.05) is 0 Å². The summed E-state index contributed by atoms with van der Waals surface area (Å²) in [4.78, 5) is 27.8. The second-order valence-electron chi connectivity index (χ2n) is 5.77. The summed E-state index contributed by atoms with van der Waals surface area (Å²) in [7, 11) is 0. The Labute approximate surface area is 112 Å². The van der Waals surface area contributed by atoms with Gasteiger partial charge < -0.3 is 15.0 Å². The molecular weight excluding hydrogens is 250 g/mol. The third-order valence-corrected chi connectivity index (χ3v) is 2.59. The number of rotatable bonds is 2. The minimum atomic E-state index is -0.952. The van der Waals surface area contributed by atoms with Gasteiger partial charge >= 0.3 is 12.3 Å². The van der Waals surface area contributed by atoms with Gasteiger partial charge in [-0.05, 0) is 34.6 Å². The molecule has 19 heavy (non-hydrogen) atoms. The third-order valence-electron chi connectivity index (χ3n) is 2.59. The normalized spacial score (nSPS) is 21.7. The predicted molar refractivity (Wildman–Crippen MR) is 66.6 cm³/mol. The summed E-state index contributed by atoms with van der Waals surface area (Å²) in [6.45, 7) is 8.58. The van der Waals surface area contributed by atoms with E-state index in [1.165, 1.54) is 4.90 Å². The number of nitrogens with zero attached hydrogens (tertiary/aromatic N) is 3. The lowest BCUT2D eigenvalue weighted by Crippen LogP contribution is -2.52. The quantitative estimate of drug-likeness (QED) is 0.428. The van der Waals surface area contributed by atoms with E-state index in [9.17, 15) is 9.59 Å². The maximum Gasteiger partial charge on any atom is 0.413 e. The van der Waals surface area contributed by atoms with Crippen molar-refractivity contribution in [1.29, 1.82) is 0 Å². The van der Waals surface area contributed by atoms with E-state index in [0.717, 1.165) is 6.21 Å². The number of Topliss-reactive ketones (excluding diaryl/α,β-unsaturated/α-hetero) is 1. The fourth-order valence-electron chi connectivity index (χ4n) is 1.81.